The van der Waals surface area contributed by atoms with Crippen molar-refractivity contribution in [3.63, 3.8) is 0 Å². The summed E-state index contributed by atoms with van der Waals surface area (Å²) in [5.41, 5.74) is 2.31. The fourth-order valence-corrected chi connectivity index (χ4v) is 2.34. The van der Waals surface area contributed by atoms with Crippen LogP contribution in [0.4, 0.5) is 0 Å². The third-order valence-electron chi connectivity index (χ3n) is 3.15. The van der Waals surface area contributed by atoms with E-state index >= 15 is 0 Å². The van der Waals surface area contributed by atoms with Gasteiger partial charge in [0.05, 0.1) is 47.8 Å². The fraction of sp³-hybridized carbons (Fsp3) is 0.429. The lowest BCUT2D eigenvalue weighted by atomic mass is 10.2. The molecule has 106 valence electrons. The highest BCUT2D eigenvalue weighted by molar-refractivity contribution is 6.16. The molecular weight excluding hydrogens is 278 g/mol. The molecule has 0 bridgehead atoms. The molecule has 0 radical (unpaired) electrons. The van der Waals surface area contributed by atoms with Gasteiger partial charge in [-0.3, -0.25) is 0 Å². The summed E-state index contributed by atoms with van der Waals surface area (Å²) in [6.45, 7) is 1.06. The van der Waals surface area contributed by atoms with Gasteiger partial charge in [-0.1, -0.05) is 0 Å². The van der Waals surface area contributed by atoms with Gasteiger partial charge in [-0.15, -0.1) is 11.6 Å². The van der Waals surface area contributed by atoms with E-state index in [0.29, 0.717) is 24.6 Å². The van der Waals surface area contributed by atoms with Crippen LogP contribution in [0.25, 0.3) is 11.0 Å². The summed E-state index contributed by atoms with van der Waals surface area (Å²) in [6.07, 6.45) is -0.0925. The maximum atomic E-state index is 9.01. The van der Waals surface area contributed by atoms with E-state index in [1.54, 1.807) is 20.3 Å². The summed E-state index contributed by atoms with van der Waals surface area (Å²) in [4.78, 5) is 4.48. The number of fused-ring (bicyclic) bond motifs is 1. The highest BCUT2D eigenvalue weighted by Crippen LogP contribution is 2.20. The quantitative estimate of drug-likeness (QED) is 0.767. The van der Waals surface area contributed by atoms with Crippen molar-refractivity contribution < 1.29 is 9.47 Å². The summed E-state index contributed by atoms with van der Waals surface area (Å²) in [5.74, 6) is 1.06. The van der Waals surface area contributed by atoms with Crippen LogP contribution in [0.15, 0.2) is 18.2 Å². The molecule has 0 N–H and O–H groups in total. The average molecular weight is 294 g/mol. The monoisotopic (exact) mass is 293 g/mol. The largest absolute Gasteiger partial charge is 0.382 e. The minimum Gasteiger partial charge on any atom is -0.382 e. The van der Waals surface area contributed by atoms with Crippen LogP contribution in [0.2, 0.25) is 0 Å². The molecule has 0 aliphatic rings. The van der Waals surface area contributed by atoms with Crippen molar-refractivity contribution in [3.8, 4) is 6.07 Å². The maximum absolute atomic E-state index is 9.01. The molecule has 2 rings (SSSR count). The molecule has 0 amide bonds. The molecule has 0 aliphatic carbocycles. The number of rotatable bonds is 6. The van der Waals surface area contributed by atoms with Crippen LogP contribution in [0, 0.1) is 11.3 Å². The van der Waals surface area contributed by atoms with Gasteiger partial charge in [-0.05, 0) is 18.2 Å². The average Bonchev–Trinajstić information content (AvgIpc) is 2.83. The highest BCUT2D eigenvalue weighted by Gasteiger charge is 2.15. The summed E-state index contributed by atoms with van der Waals surface area (Å²) in [7, 11) is 3.28. The van der Waals surface area contributed by atoms with Crippen LogP contribution >= 0.6 is 11.6 Å². The second-order valence-corrected chi connectivity index (χ2v) is 4.67. The van der Waals surface area contributed by atoms with Crippen LogP contribution in [0.3, 0.4) is 0 Å². The van der Waals surface area contributed by atoms with Crippen molar-refractivity contribution in [2.75, 3.05) is 20.8 Å². The van der Waals surface area contributed by atoms with E-state index in [9.17, 15) is 0 Å². The molecule has 6 heteroatoms. The molecular formula is C14H16ClN3O2. The van der Waals surface area contributed by atoms with Crippen molar-refractivity contribution in [1.29, 1.82) is 5.26 Å². The van der Waals surface area contributed by atoms with Gasteiger partial charge < -0.3 is 14.0 Å². The zero-order valence-corrected chi connectivity index (χ0v) is 12.2. The van der Waals surface area contributed by atoms with Crippen molar-refractivity contribution >= 4 is 22.6 Å². The van der Waals surface area contributed by atoms with Crippen LogP contribution in [0.5, 0.6) is 0 Å². The second-order valence-electron chi connectivity index (χ2n) is 4.40. The number of hydrogen-bond donors (Lipinski definition) is 0. The van der Waals surface area contributed by atoms with Crippen LogP contribution in [0.1, 0.15) is 11.4 Å². The first-order chi connectivity index (χ1) is 9.73. The molecule has 1 aromatic carbocycles. The fourth-order valence-electron chi connectivity index (χ4n) is 2.13. The lowest BCUT2D eigenvalue weighted by Gasteiger charge is -2.17. The lowest BCUT2D eigenvalue weighted by Crippen LogP contribution is -2.24. The van der Waals surface area contributed by atoms with E-state index < -0.39 is 0 Å². The molecule has 1 atom stereocenters. The molecule has 0 spiro atoms. The van der Waals surface area contributed by atoms with Gasteiger partial charge in [0, 0.05) is 14.2 Å². The van der Waals surface area contributed by atoms with E-state index in [4.69, 9.17) is 26.3 Å². The molecule has 20 heavy (non-hydrogen) atoms. The Morgan fingerprint density at radius 2 is 2.25 bits per heavy atom. The Morgan fingerprint density at radius 1 is 1.45 bits per heavy atom. The van der Waals surface area contributed by atoms with Crippen LogP contribution < -0.4 is 0 Å². The van der Waals surface area contributed by atoms with E-state index in [1.807, 2.05) is 16.7 Å². The van der Waals surface area contributed by atoms with Gasteiger partial charge in [0.1, 0.15) is 5.82 Å². The molecule has 1 unspecified atom stereocenters. The SMILES string of the molecule is COCC(Cn1c(CCl)nc2ccc(C#N)cc21)OC. The normalized spacial score (nSPS) is 12.5. The standard InChI is InChI=1S/C14H16ClN3O2/c1-19-9-11(20-2)8-18-13-5-10(7-16)3-4-12(13)17-14(18)6-15/h3-5,11H,6,8-9H2,1-2H3. The predicted molar refractivity (Wildman–Crippen MR) is 76.7 cm³/mol. The minimum atomic E-state index is -0.0925. The van der Waals surface area contributed by atoms with E-state index in [2.05, 4.69) is 11.1 Å². The first-order valence-electron chi connectivity index (χ1n) is 6.20. The zero-order valence-electron chi connectivity index (χ0n) is 11.5. The number of nitriles is 1. The molecule has 1 heterocycles. The van der Waals surface area contributed by atoms with Crippen molar-refractivity contribution in [2.24, 2.45) is 0 Å². The summed E-state index contributed by atoms with van der Waals surface area (Å²) in [6, 6.07) is 7.54. The van der Waals surface area contributed by atoms with E-state index in [1.165, 1.54) is 0 Å². The number of methoxy groups -OCH3 is 2. The third-order valence-corrected chi connectivity index (χ3v) is 3.39. The van der Waals surface area contributed by atoms with Gasteiger partial charge in [-0.25, -0.2) is 4.98 Å². The van der Waals surface area contributed by atoms with Gasteiger partial charge in [-0.2, -0.15) is 5.26 Å². The Hall–Kier alpha value is -1.61. The smallest absolute Gasteiger partial charge is 0.124 e. The summed E-state index contributed by atoms with van der Waals surface area (Å²) in [5, 5.41) is 9.01. The number of hydrogen-bond acceptors (Lipinski definition) is 4. The molecule has 2 aromatic rings. The summed E-state index contributed by atoms with van der Waals surface area (Å²) >= 11 is 5.96. The number of ether oxygens (including phenoxy) is 2. The van der Waals surface area contributed by atoms with Crippen LogP contribution in [-0.2, 0) is 21.9 Å². The highest BCUT2D eigenvalue weighted by atomic mass is 35.5. The summed E-state index contributed by atoms with van der Waals surface area (Å²) < 4.78 is 12.5. The molecule has 0 fully saturated rings. The molecule has 5 nitrogen and oxygen atoms in total. The number of aromatic nitrogens is 2. The first kappa shape index (κ1) is 14.8. The Kier molecular flexibility index (Phi) is 4.96. The predicted octanol–water partition coefficient (Wildman–Crippen LogP) is 2.31. The van der Waals surface area contributed by atoms with Gasteiger partial charge >= 0.3 is 0 Å². The Balaban J connectivity index is 2.45. The number of halogens is 1. The topological polar surface area (TPSA) is 60.1 Å². The minimum absolute atomic E-state index is 0.0925. The Bertz CT molecular complexity index is 633. The van der Waals surface area contributed by atoms with Crippen molar-refractivity contribution in [3.05, 3.63) is 29.6 Å². The van der Waals surface area contributed by atoms with Crippen molar-refractivity contribution in [1.82, 2.24) is 9.55 Å². The first-order valence-corrected chi connectivity index (χ1v) is 6.74. The maximum Gasteiger partial charge on any atom is 0.124 e. The zero-order chi connectivity index (χ0) is 14.5. The lowest BCUT2D eigenvalue weighted by molar-refractivity contribution is 0.0186. The Morgan fingerprint density at radius 3 is 2.85 bits per heavy atom. The third kappa shape index (κ3) is 2.93. The molecule has 0 aliphatic heterocycles. The van der Waals surface area contributed by atoms with Crippen LogP contribution in [-0.4, -0.2) is 36.5 Å². The second kappa shape index (κ2) is 6.71. The molecule has 1 aromatic heterocycles. The molecule has 0 saturated heterocycles. The number of benzene rings is 1. The van der Waals surface area contributed by atoms with Gasteiger partial charge in [0.15, 0.2) is 0 Å². The Labute approximate surface area is 122 Å². The number of nitrogens with zero attached hydrogens (tertiary/aromatic N) is 3. The molecule has 0 saturated carbocycles. The van der Waals surface area contributed by atoms with E-state index in [0.717, 1.165) is 16.9 Å². The van der Waals surface area contributed by atoms with Crippen molar-refractivity contribution in [2.45, 2.75) is 18.5 Å². The van der Waals surface area contributed by atoms with E-state index in [-0.39, 0.29) is 6.10 Å². The van der Waals surface area contributed by atoms with Gasteiger partial charge in [0.2, 0.25) is 0 Å². The van der Waals surface area contributed by atoms with Gasteiger partial charge in [0.25, 0.3) is 0 Å². The number of imidazole rings is 1. The number of alkyl halides is 1.